The lowest BCUT2D eigenvalue weighted by Gasteiger charge is -2.20. The van der Waals surface area contributed by atoms with Gasteiger partial charge in [-0.05, 0) is 41.8 Å². The topological polar surface area (TPSA) is 129 Å². The standard InChI is InChI=1S/C19H15NO7S2/c1-2-28(23,24)16-7-3-6-14(11-16)19(22)20(29(25,26)27)15-10-9-13-5-4-8-18(21)17(13)12-15/h2-12,21H,1H2,(H,25,26,27). The maximum atomic E-state index is 12.9. The summed E-state index contributed by atoms with van der Waals surface area (Å²) in [6.07, 6.45) is 0. The second-order valence-corrected chi connectivity index (χ2v) is 9.13. The van der Waals surface area contributed by atoms with E-state index in [1.54, 1.807) is 12.1 Å². The van der Waals surface area contributed by atoms with Gasteiger partial charge in [-0.3, -0.25) is 9.35 Å². The van der Waals surface area contributed by atoms with Crippen LogP contribution in [0.15, 0.2) is 77.5 Å². The zero-order valence-corrected chi connectivity index (χ0v) is 16.4. The van der Waals surface area contributed by atoms with Gasteiger partial charge in [-0.15, -0.1) is 0 Å². The first-order chi connectivity index (χ1) is 13.5. The molecule has 3 aromatic carbocycles. The Morgan fingerprint density at radius 2 is 1.66 bits per heavy atom. The van der Waals surface area contributed by atoms with Crippen LogP contribution >= 0.6 is 0 Å². The number of amides is 1. The van der Waals surface area contributed by atoms with Gasteiger partial charge in [0.2, 0.25) is 0 Å². The minimum absolute atomic E-state index is 0.124. The minimum Gasteiger partial charge on any atom is -0.507 e. The average molecular weight is 433 g/mol. The Kier molecular flexibility index (Phi) is 5.18. The van der Waals surface area contributed by atoms with E-state index in [0.29, 0.717) is 10.8 Å². The zero-order chi connectivity index (χ0) is 21.4. The molecule has 3 rings (SSSR count). The summed E-state index contributed by atoms with van der Waals surface area (Å²) in [4.78, 5) is 12.6. The molecule has 8 nitrogen and oxygen atoms in total. The van der Waals surface area contributed by atoms with Gasteiger partial charge in [0.15, 0.2) is 9.84 Å². The monoisotopic (exact) mass is 433 g/mol. The maximum Gasteiger partial charge on any atom is 0.366 e. The Labute approximate surface area is 167 Å². The summed E-state index contributed by atoms with van der Waals surface area (Å²) in [7, 11) is -8.93. The molecule has 10 heteroatoms. The van der Waals surface area contributed by atoms with Gasteiger partial charge in [-0.1, -0.05) is 30.8 Å². The molecular weight excluding hydrogens is 418 g/mol. The quantitative estimate of drug-likeness (QED) is 0.592. The van der Waals surface area contributed by atoms with Crippen LogP contribution in [0.5, 0.6) is 5.75 Å². The van der Waals surface area contributed by atoms with Gasteiger partial charge >= 0.3 is 10.3 Å². The molecule has 0 aliphatic carbocycles. The summed E-state index contributed by atoms with van der Waals surface area (Å²) >= 11 is 0. The average Bonchev–Trinajstić information content (AvgIpc) is 2.67. The number of sulfone groups is 1. The third-order valence-corrected chi connectivity index (χ3v) is 6.31. The van der Waals surface area contributed by atoms with E-state index in [4.69, 9.17) is 0 Å². The number of benzene rings is 3. The fourth-order valence-electron chi connectivity index (χ4n) is 2.75. The molecule has 0 fully saturated rings. The first-order valence-electron chi connectivity index (χ1n) is 8.06. The van der Waals surface area contributed by atoms with Crippen molar-refractivity contribution in [2.24, 2.45) is 0 Å². The van der Waals surface area contributed by atoms with Gasteiger partial charge in [-0.25, -0.2) is 8.42 Å². The summed E-state index contributed by atoms with van der Waals surface area (Å²) in [6, 6.07) is 13.3. The SMILES string of the molecule is C=CS(=O)(=O)c1cccc(C(=O)N(c2ccc3cccc(O)c3c2)S(=O)(=O)O)c1. The molecule has 0 heterocycles. The summed E-state index contributed by atoms with van der Waals surface area (Å²) in [5.41, 5.74) is -0.522. The molecule has 0 unspecified atom stereocenters. The molecule has 0 radical (unpaired) electrons. The van der Waals surface area contributed by atoms with Crippen molar-refractivity contribution in [1.82, 2.24) is 0 Å². The molecule has 2 N–H and O–H groups in total. The number of anilines is 1. The third-order valence-electron chi connectivity index (χ3n) is 4.12. The van der Waals surface area contributed by atoms with E-state index in [2.05, 4.69) is 6.58 Å². The van der Waals surface area contributed by atoms with Crippen LogP contribution in [0.4, 0.5) is 5.69 Å². The van der Waals surface area contributed by atoms with Crippen molar-refractivity contribution in [2.75, 3.05) is 4.31 Å². The number of fused-ring (bicyclic) bond motifs is 1. The van der Waals surface area contributed by atoms with E-state index in [1.165, 1.54) is 42.5 Å². The van der Waals surface area contributed by atoms with Crippen LogP contribution in [0.2, 0.25) is 0 Å². The number of rotatable bonds is 5. The molecule has 0 spiro atoms. The molecule has 29 heavy (non-hydrogen) atoms. The van der Waals surface area contributed by atoms with E-state index >= 15 is 0 Å². The Hall–Kier alpha value is -3.21. The number of hydrogen-bond acceptors (Lipinski definition) is 6. The first-order valence-corrected chi connectivity index (χ1v) is 11.0. The molecule has 150 valence electrons. The number of carbonyl (C=O) groups excluding carboxylic acids is 1. The van der Waals surface area contributed by atoms with Gasteiger partial charge in [0.25, 0.3) is 5.91 Å². The van der Waals surface area contributed by atoms with Crippen LogP contribution in [0.3, 0.4) is 0 Å². The Bertz CT molecular complexity index is 1350. The highest BCUT2D eigenvalue weighted by molar-refractivity contribution is 7.94. The predicted octanol–water partition coefficient (Wildman–Crippen LogP) is 2.91. The Morgan fingerprint density at radius 1 is 0.966 bits per heavy atom. The highest BCUT2D eigenvalue weighted by Gasteiger charge is 2.29. The highest BCUT2D eigenvalue weighted by atomic mass is 32.2. The van der Waals surface area contributed by atoms with Crippen LogP contribution < -0.4 is 4.31 Å². The Balaban J connectivity index is 2.17. The van der Waals surface area contributed by atoms with E-state index in [-0.39, 0.29) is 31.6 Å². The van der Waals surface area contributed by atoms with Crippen LogP contribution in [0.1, 0.15) is 10.4 Å². The van der Waals surface area contributed by atoms with Crippen LogP contribution in [0.25, 0.3) is 10.8 Å². The van der Waals surface area contributed by atoms with Crippen molar-refractivity contribution in [2.45, 2.75) is 4.90 Å². The summed E-state index contributed by atoms with van der Waals surface area (Å²) in [6.45, 7) is 3.20. The summed E-state index contributed by atoms with van der Waals surface area (Å²) in [5, 5.41) is 11.5. The number of nitrogens with zero attached hydrogens (tertiary/aromatic N) is 1. The molecule has 0 aliphatic heterocycles. The van der Waals surface area contributed by atoms with Gasteiger partial charge in [0, 0.05) is 16.4 Å². The predicted molar refractivity (Wildman–Crippen MR) is 108 cm³/mol. The van der Waals surface area contributed by atoms with Gasteiger partial charge in [0.05, 0.1) is 10.6 Å². The number of hydrogen-bond donors (Lipinski definition) is 2. The fourth-order valence-corrected chi connectivity index (χ4v) is 4.19. The van der Waals surface area contributed by atoms with Crippen LogP contribution in [0, 0.1) is 0 Å². The molecule has 0 saturated heterocycles. The lowest BCUT2D eigenvalue weighted by Crippen LogP contribution is -2.36. The second-order valence-electron chi connectivity index (χ2n) is 5.97. The number of phenolic OH excluding ortho intramolecular Hbond substituents is 1. The highest BCUT2D eigenvalue weighted by Crippen LogP contribution is 2.30. The van der Waals surface area contributed by atoms with Gasteiger partial charge in [0.1, 0.15) is 5.75 Å². The largest absolute Gasteiger partial charge is 0.507 e. The van der Waals surface area contributed by atoms with Crippen LogP contribution in [-0.4, -0.2) is 32.4 Å². The fraction of sp³-hybridized carbons (Fsp3) is 0. The number of phenols is 1. The summed E-state index contributed by atoms with van der Waals surface area (Å²) < 4.78 is 57.6. The van der Waals surface area contributed by atoms with Crippen LogP contribution in [-0.2, 0) is 20.1 Å². The molecule has 1 amide bonds. The lowest BCUT2D eigenvalue weighted by atomic mass is 10.1. The first kappa shape index (κ1) is 20.5. The zero-order valence-electron chi connectivity index (χ0n) is 14.8. The molecule has 0 atom stereocenters. The summed E-state index contributed by atoms with van der Waals surface area (Å²) in [5.74, 6) is -1.32. The Morgan fingerprint density at radius 3 is 2.31 bits per heavy atom. The van der Waals surface area contributed by atoms with Crippen molar-refractivity contribution in [3.63, 3.8) is 0 Å². The minimum atomic E-state index is -5.07. The van der Waals surface area contributed by atoms with Crippen molar-refractivity contribution in [1.29, 1.82) is 0 Å². The van der Waals surface area contributed by atoms with E-state index in [1.807, 2.05) is 0 Å². The van der Waals surface area contributed by atoms with Crippen molar-refractivity contribution >= 4 is 42.5 Å². The molecule has 0 aromatic heterocycles. The third kappa shape index (κ3) is 3.99. The maximum absolute atomic E-state index is 12.9. The second kappa shape index (κ2) is 7.32. The smallest absolute Gasteiger partial charge is 0.366 e. The van der Waals surface area contributed by atoms with Crippen molar-refractivity contribution < 1.29 is 31.3 Å². The molecular formula is C19H15NO7S2. The number of carbonyl (C=O) groups is 1. The number of aromatic hydroxyl groups is 1. The molecule has 0 aliphatic rings. The molecule has 0 bridgehead atoms. The van der Waals surface area contributed by atoms with E-state index in [0.717, 1.165) is 6.07 Å². The van der Waals surface area contributed by atoms with Crippen molar-refractivity contribution in [3.05, 3.63) is 78.2 Å². The van der Waals surface area contributed by atoms with E-state index in [9.17, 15) is 31.3 Å². The van der Waals surface area contributed by atoms with Gasteiger partial charge < -0.3 is 5.11 Å². The van der Waals surface area contributed by atoms with Crippen molar-refractivity contribution in [3.8, 4) is 5.75 Å². The van der Waals surface area contributed by atoms with E-state index < -0.39 is 26.0 Å². The molecule has 0 saturated carbocycles. The lowest BCUT2D eigenvalue weighted by molar-refractivity contribution is 0.100. The normalized spacial score (nSPS) is 11.9. The molecule has 3 aromatic rings. The van der Waals surface area contributed by atoms with Gasteiger partial charge in [-0.2, -0.15) is 12.7 Å².